The van der Waals surface area contributed by atoms with Crippen LogP contribution in [0.1, 0.15) is 12.5 Å². The first-order valence-electron chi connectivity index (χ1n) is 4.09. The predicted molar refractivity (Wildman–Crippen MR) is 48.0 cm³/mol. The highest BCUT2D eigenvalue weighted by Gasteiger charge is 1.94. The van der Waals surface area contributed by atoms with Crippen LogP contribution in [0.25, 0.3) is 0 Å². The lowest BCUT2D eigenvalue weighted by Crippen LogP contribution is -1.92. The molecule has 3 heteroatoms. The Morgan fingerprint density at radius 3 is 2.54 bits per heavy atom. The van der Waals surface area contributed by atoms with Crippen molar-refractivity contribution in [3.8, 4) is 12.0 Å². The van der Waals surface area contributed by atoms with Crippen LogP contribution in [0.5, 0.6) is 5.75 Å². The lowest BCUT2D eigenvalue weighted by atomic mass is 10.2. The molecular weight excluding hydrogens is 166 g/mol. The molecule has 0 aliphatic carbocycles. The van der Waals surface area contributed by atoms with E-state index in [1.54, 1.807) is 6.26 Å². The standard InChI is InChI=1S/C10H11NO2/c1-2-13-10-5-3-9(4-6-10)7-12-8-11/h3-6H,2,7H2,1H3. The van der Waals surface area contributed by atoms with Crippen LogP contribution >= 0.6 is 0 Å². The van der Waals surface area contributed by atoms with Crippen molar-refractivity contribution in [3.63, 3.8) is 0 Å². The molecule has 0 spiro atoms. The third-order valence-corrected chi connectivity index (χ3v) is 1.54. The molecule has 0 saturated heterocycles. The minimum Gasteiger partial charge on any atom is -0.494 e. The van der Waals surface area contributed by atoms with Gasteiger partial charge in [-0.3, -0.25) is 0 Å². The van der Waals surface area contributed by atoms with E-state index in [1.165, 1.54) is 0 Å². The van der Waals surface area contributed by atoms with Crippen molar-refractivity contribution in [3.05, 3.63) is 29.8 Å². The molecule has 0 radical (unpaired) electrons. The molecule has 0 atom stereocenters. The van der Waals surface area contributed by atoms with Gasteiger partial charge in [0.1, 0.15) is 12.4 Å². The summed E-state index contributed by atoms with van der Waals surface area (Å²) in [6, 6.07) is 7.48. The summed E-state index contributed by atoms with van der Waals surface area (Å²) in [5.74, 6) is 0.836. The largest absolute Gasteiger partial charge is 0.494 e. The van der Waals surface area contributed by atoms with E-state index >= 15 is 0 Å². The summed E-state index contributed by atoms with van der Waals surface area (Å²) in [6.45, 7) is 2.92. The molecular formula is C10H11NO2. The second-order valence-corrected chi connectivity index (χ2v) is 2.46. The van der Waals surface area contributed by atoms with Crippen LogP contribution in [0.4, 0.5) is 0 Å². The quantitative estimate of drug-likeness (QED) is 0.661. The van der Waals surface area contributed by atoms with Crippen molar-refractivity contribution in [2.24, 2.45) is 0 Å². The Bertz CT molecular complexity index is 287. The second-order valence-electron chi connectivity index (χ2n) is 2.46. The van der Waals surface area contributed by atoms with Gasteiger partial charge in [-0.1, -0.05) is 12.1 Å². The van der Waals surface area contributed by atoms with Gasteiger partial charge < -0.3 is 9.47 Å². The number of rotatable bonds is 4. The first kappa shape index (κ1) is 9.40. The smallest absolute Gasteiger partial charge is 0.286 e. The molecule has 0 saturated carbocycles. The summed E-state index contributed by atoms with van der Waals surface area (Å²) < 4.78 is 9.84. The van der Waals surface area contributed by atoms with Gasteiger partial charge in [-0.05, 0) is 24.6 Å². The Hall–Kier alpha value is -1.69. The summed E-state index contributed by atoms with van der Waals surface area (Å²) in [5, 5.41) is 8.17. The highest BCUT2D eigenvalue weighted by molar-refractivity contribution is 5.26. The topological polar surface area (TPSA) is 42.2 Å². The lowest BCUT2D eigenvalue weighted by molar-refractivity contribution is 0.257. The lowest BCUT2D eigenvalue weighted by Gasteiger charge is -2.03. The van der Waals surface area contributed by atoms with Gasteiger partial charge in [0, 0.05) is 0 Å². The van der Waals surface area contributed by atoms with Crippen LogP contribution in [0, 0.1) is 11.5 Å². The molecule has 1 rings (SSSR count). The number of nitrogens with zero attached hydrogens (tertiary/aromatic N) is 1. The van der Waals surface area contributed by atoms with Gasteiger partial charge in [0.25, 0.3) is 6.26 Å². The molecule has 0 amide bonds. The van der Waals surface area contributed by atoms with Gasteiger partial charge in [-0.2, -0.15) is 5.26 Å². The van der Waals surface area contributed by atoms with E-state index in [1.807, 2.05) is 31.2 Å². The van der Waals surface area contributed by atoms with E-state index in [2.05, 4.69) is 4.74 Å². The van der Waals surface area contributed by atoms with Crippen molar-refractivity contribution < 1.29 is 9.47 Å². The van der Waals surface area contributed by atoms with Crippen LogP contribution < -0.4 is 4.74 Å². The maximum absolute atomic E-state index is 8.17. The number of nitriles is 1. The Balaban J connectivity index is 2.54. The molecule has 0 aliphatic rings. The SMILES string of the molecule is CCOc1ccc(COC#N)cc1. The Morgan fingerprint density at radius 1 is 1.31 bits per heavy atom. The van der Waals surface area contributed by atoms with E-state index in [-0.39, 0.29) is 0 Å². The zero-order chi connectivity index (χ0) is 9.52. The van der Waals surface area contributed by atoms with Crippen molar-refractivity contribution in [2.75, 3.05) is 6.61 Å². The number of hydrogen-bond donors (Lipinski definition) is 0. The molecule has 0 unspecified atom stereocenters. The molecule has 0 aliphatic heterocycles. The fourth-order valence-corrected chi connectivity index (χ4v) is 0.964. The third-order valence-electron chi connectivity index (χ3n) is 1.54. The van der Waals surface area contributed by atoms with Gasteiger partial charge in [-0.15, -0.1) is 0 Å². The van der Waals surface area contributed by atoms with Gasteiger partial charge >= 0.3 is 0 Å². The van der Waals surface area contributed by atoms with Crippen LogP contribution in [-0.4, -0.2) is 6.61 Å². The van der Waals surface area contributed by atoms with Crippen LogP contribution in [0.2, 0.25) is 0 Å². The fraction of sp³-hybridized carbons (Fsp3) is 0.300. The summed E-state index contributed by atoms with van der Waals surface area (Å²) in [7, 11) is 0. The van der Waals surface area contributed by atoms with Crippen molar-refractivity contribution in [2.45, 2.75) is 13.5 Å². The van der Waals surface area contributed by atoms with E-state index < -0.39 is 0 Å². The molecule has 0 N–H and O–H groups in total. The molecule has 1 aromatic rings. The van der Waals surface area contributed by atoms with Gasteiger partial charge in [0.15, 0.2) is 0 Å². The van der Waals surface area contributed by atoms with Crippen molar-refractivity contribution >= 4 is 0 Å². The molecule has 1 aromatic carbocycles. The van der Waals surface area contributed by atoms with Gasteiger partial charge in [-0.25, -0.2) is 0 Å². The zero-order valence-electron chi connectivity index (χ0n) is 7.49. The van der Waals surface area contributed by atoms with E-state index in [4.69, 9.17) is 10.00 Å². The van der Waals surface area contributed by atoms with Gasteiger partial charge in [0.2, 0.25) is 0 Å². The molecule has 3 nitrogen and oxygen atoms in total. The summed E-state index contributed by atoms with van der Waals surface area (Å²) in [6.07, 6.45) is 1.62. The van der Waals surface area contributed by atoms with E-state index in [0.717, 1.165) is 11.3 Å². The fourth-order valence-electron chi connectivity index (χ4n) is 0.964. The Morgan fingerprint density at radius 2 is 2.00 bits per heavy atom. The molecule has 68 valence electrons. The first-order chi connectivity index (χ1) is 6.36. The van der Waals surface area contributed by atoms with Crippen LogP contribution in [0.15, 0.2) is 24.3 Å². The van der Waals surface area contributed by atoms with Gasteiger partial charge in [0.05, 0.1) is 6.61 Å². The molecule has 0 aromatic heterocycles. The first-order valence-corrected chi connectivity index (χ1v) is 4.09. The summed E-state index contributed by atoms with van der Waals surface area (Å²) in [4.78, 5) is 0. The van der Waals surface area contributed by atoms with Crippen molar-refractivity contribution in [1.82, 2.24) is 0 Å². The van der Waals surface area contributed by atoms with E-state index in [9.17, 15) is 0 Å². The predicted octanol–water partition coefficient (Wildman–Crippen LogP) is 2.08. The average molecular weight is 177 g/mol. The molecule has 0 heterocycles. The minimum atomic E-state index is 0.322. The minimum absolute atomic E-state index is 0.322. The highest BCUT2D eigenvalue weighted by Crippen LogP contribution is 2.12. The number of ether oxygens (including phenoxy) is 2. The number of hydrogen-bond acceptors (Lipinski definition) is 3. The highest BCUT2D eigenvalue weighted by atomic mass is 16.5. The summed E-state index contributed by atoms with van der Waals surface area (Å²) in [5.41, 5.74) is 0.963. The zero-order valence-corrected chi connectivity index (χ0v) is 7.49. The normalized spacial score (nSPS) is 8.92. The van der Waals surface area contributed by atoms with Crippen LogP contribution in [-0.2, 0) is 11.3 Å². The maximum atomic E-state index is 8.17. The second kappa shape index (κ2) is 5.04. The molecule has 13 heavy (non-hydrogen) atoms. The molecule has 0 fully saturated rings. The monoisotopic (exact) mass is 177 g/mol. The van der Waals surface area contributed by atoms with Crippen molar-refractivity contribution in [1.29, 1.82) is 5.26 Å². The summed E-state index contributed by atoms with van der Waals surface area (Å²) >= 11 is 0. The number of benzene rings is 1. The molecule has 0 bridgehead atoms. The van der Waals surface area contributed by atoms with Crippen LogP contribution in [0.3, 0.4) is 0 Å². The maximum Gasteiger partial charge on any atom is 0.286 e. The Labute approximate surface area is 77.5 Å². The third kappa shape index (κ3) is 3.04. The van der Waals surface area contributed by atoms with E-state index in [0.29, 0.717) is 13.2 Å². The Kier molecular flexibility index (Phi) is 3.65. The average Bonchev–Trinajstić information content (AvgIpc) is 2.17.